The Morgan fingerprint density at radius 2 is 2.00 bits per heavy atom. The summed E-state index contributed by atoms with van der Waals surface area (Å²) in [6, 6.07) is 7.84. The molecular weight excluding hydrogens is 309 g/mol. The average molecular weight is 320 g/mol. The maximum absolute atomic E-state index is 13.1. The molecule has 2 aromatic heterocycles. The van der Waals surface area contributed by atoms with E-state index in [1.54, 1.807) is 24.3 Å². The second-order valence-electron chi connectivity index (χ2n) is 4.66. The van der Waals surface area contributed by atoms with Crippen molar-refractivity contribution in [3.63, 3.8) is 0 Å². The average Bonchev–Trinajstić information content (AvgIpc) is 3.04. The van der Waals surface area contributed by atoms with Crippen molar-refractivity contribution in [1.82, 2.24) is 20.2 Å². The first kappa shape index (κ1) is 15.0. The Kier molecular flexibility index (Phi) is 3.73. The van der Waals surface area contributed by atoms with Crippen LogP contribution in [0, 0.1) is 0 Å². The van der Waals surface area contributed by atoms with Crippen LogP contribution in [0.4, 0.5) is 13.2 Å². The predicted molar refractivity (Wildman–Crippen MR) is 76.6 cm³/mol. The van der Waals surface area contributed by atoms with E-state index in [0.717, 1.165) is 18.5 Å². The van der Waals surface area contributed by atoms with Crippen molar-refractivity contribution in [3.05, 3.63) is 48.3 Å². The van der Waals surface area contributed by atoms with Gasteiger partial charge in [-0.15, -0.1) is 0 Å². The van der Waals surface area contributed by atoms with Gasteiger partial charge in [0, 0.05) is 23.5 Å². The van der Waals surface area contributed by atoms with E-state index in [1.807, 2.05) is 0 Å². The summed E-state index contributed by atoms with van der Waals surface area (Å²) in [6.45, 7) is 0. The number of rotatable bonds is 3. The number of alkyl halides is 3. The Hall–Kier alpha value is -2.90. The van der Waals surface area contributed by atoms with Crippen molar-refractivity contribution in [3.8, 4) is 28.5 Å². The molecule has 118 valence electrons. The maximum Gasteiger partial charge on any atom is 0.417 e. The number of halogens is 3. The van der Waals surface area contributed by atoms with E-state index in [2.05, 4.69) is 20.2 Å². The van der Waals surface area contributed by atoms with Crippen molar-refractivity contribution >= 4 is 0 Å². The molecule has 0 amide bonds. The number of benzene rings is 1. The number of aromatic nitrogens is 4. The third kappa shape index (κ3) is 3.01. The summed E-state index contributed by atoms with van der Waals surface area (Å²) in [5, 5.41) is 6.50. The van der Waals surface area contributed by atoms with Crippen LogP contribution in [0.1, 0.15) is 5.56 Å². The van der Waals surface area contributed by atoms with Gasteiger partial charge in [0.1, 0.15) is 5.75 Å². The molecule has 0 spiro atoms. The van der Waals surface area contributed by atoms with E-state index in [4.69, 9.17) is 4.74 Å². The summed E-state index contributed by atoms with van der Waals surface area (Å²) in [7, 11) is 1.52. The van der Waals surface area contributed by atoms with Crippen molar-refractivity contribution < 1.29 is 17.9 Å². The maximum atomic E-state index is 13.1. The Balaban J connectivity index is 2.03. The van der Waals surface area contributed by atoms with Crippen LogP contribution >= 0.6 is 0 Å². The molecule has 2 heterocycles. The minimum absolute atomic E-state index is 0.00300. The lowest BCUT2D eigenvalue weighted by Crippen LogP contribution is -2.07. The van der Waals surface area contributed by atoms with Crippen molar-refractivity contribution in [2.24, 2.45) is 0 Å². The van der Waals surface area contributed by atoms with Crippen LogP contribution in [0.3, 0.4) is 0 Å². The minimum atomic E-state index is -4.50. The molecule has 1 N–H and O–H groups in total. The van der Waals surface area contributed by atoms with E-state index in [-0.39, 0.29) is 17.2 Å². The van der Waals surface area contributed by atoms with Crippen LogP contribution in [0.15, 0.2) is 42.7 Å². The van der Waals surface area contributed by atoms with Crippen molar-refractivity contribution in [2.45, 2.75) is 6.18 Å². The Morgan fingerprint density at radius 1 is 1.17 bits per heavy atom. The number of H-pyrrole nitrogens is 1. The molecule has 1 aromatic carbocycles. The van der Waals surface area contributed by atoms with Crippen LogP contribution in [0.5, 0.6) is 5.75 Å². The molecule has 0 unspecified atom stereocenters. The molecular formula is C15H11F3N4O. The first-order chi connectivity index (χ1) is 11.0. The molecule has 0 aliphatic carbocycles. The first-order valence-corrected chi connectivity index (χ1v) is 6.57. The molecule has 0 fully saturated rings. The number of hydrogen-bond acceptors (Lipinski definition) is 4. The fraction of sp³-hybridized carbons (Fsp3) is 0.133. The number of aromatic amines is 1. The topological polar surface area (TPSA) is 63.7 Å². The van der Waals surface area contributed by atoms with Crippen molar-refractivity contribution in [1.29, 1.82) is 0 Å². The summed E-state index contributed by atoms with van der Waals surface area (Å²) < 4.78 is 44.3. The van der Waals surface area contributed by atoms with E-state index >= 15 is 0 Å². The van der Waals surface area contributed by atoms with E-state index in [1.165, 1.54) is 7.11 Å². The standard InChI is InChI=1S/C15H11F3N4O/c1-23-10-4-2-3-9(7-10)13-20-14(22-21-13)11-8-19-6-5-12(11)15(16,17)18/h2-8H,1H3,(H,20,21,22). The molecule has 23 heavy (non-hydrogen) atoms. The number of ether oxygens (including phenoxy) is 1. The Morgan fingerprint density at radius 3 is 2.74 bits per heavy atom. The largest absolute Gasteiger partial charge is 0.497 e. The lowest BCUT2D eigenvalue weighted by molar-refractivity contribution is -0.137. The zero-order valence-electron chi connectivity index (χ0n) is 11.9. The molecule has 0 bridgehead atoms. The van der Waals surface area contributed by atoms with Crippen molar-refractivity contribution in [2.75, 3.05) is 7.11 Å². The zero-order chi connectivity index (χ0) is 16.4. The Labute approximate surface area is 129 Å². The van der Waals surface area contributed by atoms with Gasteiger partial charge in [0.25, 0.3) is 0 Å². The summed E-state index contributed by atoms with van der Waals surface area (Å²) in [5.41, 5.74) is -0.341. The molecule has 5 nitrogen and oxygen atoms in total. The van der Waals surface area contributed by atoms with Gasteiger partial charge in [-0.05, 0) is 18.2 Å². The van der Waals surface area contributed by atoms with Gasteiger partial charge in [-0.25, -0.2) is 4.98 Å². The molecule has 0 saturated heterocycles. The Bertz CT molecular complexity index is 829. The summed E-state index contributed by atoms with van der Waals surface area (Å²) in [5.74, 6) is 0.880. The second kappa shape index (κ2) is 5.71. The zero-order valence-corrected chi connectivity index (χ0v) is 11.9. The highest BCUT2D eigenvalue weighted by molar-refractivity contribution is 5.64. The highest BCUT2D eigenvalue weighted by atomic mass is 19.4. The summed E-state index contributed by atoms with van der Waals surface area (Å²) >= 11 is 0. The molecule has 0 radical (unpaired) electrons. The number of nitrogens with one attached hydrogen (secondary N) is 1. The monoisotopic (exact) mass is 320 g/mol. The molecule has 0 saturated carbocycles. The lowest BCUT2D eigenvalue weighted by Gasteiger charge is -2.09. The fourth-order valence-corrected chi connectivity index (χ4v) is 2.10. The summed E-state index contributed by atoms with van der Waals surface area (Å²) in [6.07, 6.45) is -2.30. The minimum Gasteiger partial charge on any atom is -0.497 e. The van der Waals surface area contributed by atoms with Gasteiger partial charge in [0.2, 0.25) is 0 Å². The van der Waals surface area contributed by atoms with Crippen LogP contribution in [0.2, 0.25) is 0 Å². The molecule has 3 aromatic rings. The quantitative estimate of drug-likeness (QED) is 0.801. The van der Waals surface area contributed by atoms with Crippen LogP contribution in [-0.2, 0) is 6.18 Å². The highest BCUT2D eigenvalue weighted by Crippen LogP contribution is 2.35. The van der Waals surface area contributed by atoms with E-state index in [9.17, 15) is 13.2 Å². The van der Waals surface area contributed by atoms with Gasteiger partial charge in [-0.2, -0.15) is 18.3 Å². The smallest absolute Gasteiger partial charge is 0.417 e. The van der Waals surface area contributed by atoms with Crippen LogP contribution in [-0.4, -0.2) is 27.3 Å². The summed E-state index contributed by atoms with van der Waals surface area (Å²) in [4.78, 5) is 7.87. The van der Waals surface area contributed by atoms with E-state index in [0.29, 0.717) is 11.3 Å². The number of methoxy groups -OCH3 is 1. The molecule has 0 atom stereocenters. The SMILES string of the molecule is COc1cccc(-c2n[nH]c(-c3cnccc3C(F)(F)F)n2)c1. The van der Waals surface area contributed by atoms with Gasteiger partial charge >= 0.3 is 6.18 Å². The van der Waals surface area contributed by atoms with Crippen LogP contribution < -0.4 is 4.74 Å². The number of nitrogens with zero attached hydrogens (tertiary/aromatic N) is 3. The van der Waals surface area contributed by atoms with Crippen LogP contribution in [0.25, 0.3) is 22.8 Å². The highest BCUT2D eigenvalue weighted by Gasteiger charge is 2.34. The van der Waals surface area contributed by atoms with Gasteiger partial charge in [0.15, 0.2) is 11.6 Å². The first-order valence-electron chi connectivity index (χ1n) is 6.57. The van der Waals surface area contributed by atoms with Gasteiger partial charge in [-0.3, -0.25) is 10.1 Å². The normalized spacial score (nSPS) is 11.5. The second-order valence-corrected chi connectivity index (χ2v) is 4.66. The van der Waals surface area contributed by atoms with Gasteiger partial charge in [0.05, 0.1) is 12.7 Å². The van der Waals surface area contributed by atoms with E-state index < -0.39 is 11.7 Å². The fourth-order valence-electron chi connectivity index (χ4n) is 2.10. The number of pyridine rings is 1. The van der Waals surface area contributed by atoms with Gasteiger partial charge in [-0.1, -0.05) is 12.1 Å². The van der Waals surface area contributed by atoms with Gasteiger partial charge < -0.3 is 4.74 Å². The molecule has 0 aliphatic rings. The third-order valence-corrected chi connectivity index (χ3v) is 3.19. The number of hydrogen-bond donors (Lipinski definition) is 1. The lowest BCUT2D eigenvalue weighted by atomic mass is 10.1. The molecule has 3 rings (SSSR count). The predicted octanol–water partition coefficient (Wildman–Crippen LogP) is 3.56. The third-order valence-electron chi connectivity index (χ3n) is 3.19. The molecule has 0 aliphatic heterocycles. The molecule has 8 heteroatoms.